The lowest BCUT2D eigenvalue weighted by Crippen LogP contribution is -2.47. The summed E-state index contributed by atoms with van der Waals surface area (Å²) < 4.78 is 5.37. The molecule has 7 nitrogen and oxygen atoms in total. The summed E-state index contributed by atoms with van der Waals surface area (Å²) in [5.74, 6) is 0.0270. The minimum atomic E-state index is -0.0483. The minimum Gasteiger partial charge on any atom is -0.379 e. The molecule has 0 radical (unpaired) electrons. The van der Waals surface area contributed by atoms with Gasteiger partial charge in [-0.2, -0.15) is 0 Å². The summed E-state index contributed by atoms with van der Waals surface area (Å²) in [5.41, 5.74) is 1.32. The van der Waals surface area contributed by atoms with Gasteiger partial charge >= 0.3 is 0 Å². The summed E-state index contributed by atoms with van der Waals surface area (Å²) in [5, 5.41) is 0. The second kappa shape index (κ2) is 8.60. The summed E-state index contributed by atoms with van der Waals surface area (Å²) in [6.07, 6.45) is 0.820. The molecule has 1 atom stereocenters. The van der Waals surface area contributed by atoms with Crippen molar-refractivity contribution in [3.05, 3.63) is 29.6 Å². The van der Waals surface area contributed by atoms with Gasteiger partial charge in [0, 0.05) is 51.9 Å². The Labute approximate surface area is 154 Å². The molecule has 0 N–H and O–H groups in total. The summed E-state index contributed by atoms with van der Waals surface area (Å²) in [6.45, 7) is 9.65. The number of likely N-dealkylation sites (tertiary alicyclic amines) is 1. The van der Waals surface area contributed by atoms with Crippen LogP contribution >= 0.6 is 0 Å². The molecule has 3 rings (SSSR count). The molecule has 26 heavy (non-hydrogen) atoms. The summed E-state index contributed by atoms with van der Waals surface area (Å²) in [4.78, 5) is 35.2. The standard InChI is InChI=1S/C19H28N4O3/c1-15-4-3-5-18(20-15)19(25)22-7-6-17(14-22)23(16(2)24)9-8-21-10-12-26-13-11-21/h3-5,17H,6-14H2,1-2H3. The third-order valence-corrected chi connectivity index (χ3v) is 5.16. The SMILES string of the molecule is CC(=O)N(CCN1CCOCC1)C1CCN(C(=O)c2cccc(C)n2)C1. The lowest BCUT2D eigenvalue weighted by atomic mass is 10.2. The highest BCUT2D eigenvalue weighted by Gasteiger charge is 2.32. The molecule has 0 aliphatic carbocycles. The Morgan fingerprint density at radius 2 is 2.04 bits per heavy atom. The molecule has 1 aromatic heterocycles. The third-order valence-electron chi connectivity index (χ3n) is 5.16. The van der Waals surface area contributed by atoms with E-state index < -0.39 is 0 Å². The van der Waals surface area contributed by atoms with Crippen LogP contribution in [0.25, 0.3) is 0 Å². The summed E-state index contributed by atoms with van der Waals surface area (Å²) >= 11 is 0. The van der Waals surface area contributed by atoms with Crippen molar-refractivity contribution in [2.24, 2.45) is 0 Å². The van der Waals surface area contributed by atoms with Gasteiger partial charge in [0.25, 0.3) is 5.91 Å². The number of hydrogen-bond donors (Lipinski definition) is 0. The molecule has 2 amide bonds. The molecule has 2 aliphatic heterocycles. The van der Waals surface area contributed by atoms with Gasteiger partial charge in [-0.25, -0.2) is 4.98 Å². The largest absolute Gasteiger partial charge is 0.379 e. The summed E-state index contributed by atoms with van der Waals surface area (Å²) in [7, 11) is 0. The van der Waals surface area contributed by atoms with Crippen LogP contribution in [-0.4, -0.2) is 90.0 Å². The van der Waals surface area contributed by atoms with Gasteiger partial charge in [-0.05, 0) is 25.5 Å². The van der Waals surface area contributed by atoms with E-state index in [1.807, 2.05) is 28.9 Å². The van der Waals surface area contributed by atoms with Gasteiger partial charge in [0.15, 0.2) is 0 Å². The third kappa shape index (κ3) is 4.59. The van der Waals surface area contributed by atoms with E-state index in [-0.39, 0.29) is 17.9 Å². The molecule has 3 heterocycles. The van der Waals surface area contributed by atoms with E-state index in [0.29, 0.717) is 25.3 Å². The van der Waals surface area contributed by atoms with Crippen molar-refractivity contribution in [3.63, 3.8) is 0 Å². The maximum absolute atomic E-state index is 12.7. The highest BCUT2D eigenvalue weighted by molar-refractivity contribution is 5.92. The van der Waals surface area contributed by atoms with Gasteiger partial charge in [-0.3, -0.25) is 14.5 Å². The molecule has 0 spiro atoms. The number of rotatable bonds is 5. The van der Waals surface area contributed by atoms with E-state index in [1.165, 1.54) is 0 Å². The van der Waals surface area contributed by atoms with Crippen molar-refractivity contribution in [1.82, 2.24) is 19.7 Å². The Kier molecular flexibility index (Phi) is 6.21. The average Bonchev–Trinajstić information content (AvgIpc) is 3.11. The molecule has 2 fully saturated rings. The number of morpholine rings is 1. The van der Waals surface area contributed by atoms with Crippen molar-refractivity contribution in [2.75, 3.05) is 52.5 Å². The quantitative estimate of drug-likeness (QED) is 0.777. The number of nitrogens with zero attached hydrogens (tertiary/aromatic N) is 4. The second-order valence-corrected chi connectivity index (χ2v) is 7.02. The molecule has 2 aliphatic rings. The zero-order valence-corrected chi connectivity index (χ0v) is 15.7. The van der Waals surface area contributed by atoms with Crippen LogP contribution in [0.3, 0.4) is 0 Å². The highest BCUT2D eigenvalue weighted by Crippen LogP contribution is 2.18. The first-order valence-corrected chi connectivity index (χ1v) is 9.35. The first kappa shape index (κ1) is 18.8. The first-order valence-electron chi connectivity index (χ1n) is 9.35. The van der Waals surface area contributed by atoms with E-state index in [9.17, 15) is 9.59 Å². The van der Waals surface area contributed by atoms with E-state index in [4.69, 9.17) is 4.74 Å². The maximum Gasteiger partial charge on any atom is 0.272 e. The highest BCUT2D eigenvalue weighted by atomic mass is 16.5. The predicted molar refractivity (Wildman–Crippen MR) is 97.9 cm³/mol. The zero-order valence-electron chi connectivity index (χ0n) is 15.7. The second-order valence-electron chi connectivity index (χ2n) is 7.02. The molecule has 0 bridgehead atoms. The minimum absolute atomic E-state index is 0.0483. The van der Waals surface area contributed by atoms with Crippen molar-refractivity contribution in [3.8, 4) is 0 Å². The van der Waals surface area contributed by atoms with Crippen LogP contribution in [0.4, 0.5) is 0 Å². The predicted octanol–water partition coefficient (Wildman–Crippen LogP) is 0.785. The Bertz CT molecular complexity index is 645. The number of aryl methyl sites for hydroxylation is 1. The van der Waals surface area contributed by atoms with E-state index in [0.717, 1.165) is 45.0 Å². The molecule has 1 aromatic rings. The molecule has 7 heteroatoms. The van der Waals surface area contributed by atoms with Crippen LogP contribution in [0.1, 0.15) is 29.5 Å². The molecule has 0 aromatic carbocycles. The zero-order chi connectivity index (χ0) is 18.5. The van der Waals surface area contributed by atoms with Gasteiger partial charge in [-0.15, -0.1) is 0 Å². The number of carbonyl (C=O) groups is 2. The molecular formula is C19H28N4O3. The fraction of sp³-hybridized carbons (Fsp3) is 0.632. The van der Waals surface area contributed by atoms with Crippen molar-refractivity contribution < 1.29 is 14.3 Å². The number of aromatic nitrogens is 1. The molecule has 2 saturated heterocycles. The van der Waals surface area contributed by atoms with Crippen LogP contribution in [-0.2, 0) is 9.53 Å². The summed E-state index contributed by atoms with van der Waals surface area (Å²) in [6, 6.07) is 5.58. The first-order chi connectivity index (χ1) is 12.5. The van der Waals surface area contributed by atoms with Gasteiger partial charge < -0.3 is 14.5 Å². The van der Waals surface area contributed by atoms with Gasteiger partial charge in [-0.1, -0.05) is 6.07 Å². The van der Waals surface area contributed by atoms with Crippen LogP contribution in [0.2, 0.25) is 0 Å². The van der Waals surface area contributed by atoms with E-state index in [2.05, 4.69) is 9.88 Å². The van der Waals surface area contributed by atoms with Gasteiger partial charge in [0.2, 0.25) is 5.91 Å². The fourth-order valence-corrected chi connectivity index (χ4v) is 3.68. The lowest BCUT2D eigenvalue weighted by molar-refractivity contribution is -0.131. The van der Waals surface area contributed by atoms with Crippen LogP contribution in [0, 0.1) is 6.92 Å². The Balaban J connectivity index is 1.57. The van der Waals surface area contributed by atoms with Crippen LogP contribution in [0.15, 0.2) is 18.2 Å². The molecule has 0 saturated carbocycles. The Hall–Kier alpha value is -1.99. The van der Waals surface area contributed by atoms with E-state index >= 15 is 0 Å². The molecule has 1 unspecified atom stereocenters. The van der Waals surface area contributed by atoms with Crippen LogP contribution in [0.5, 0.6) is 0 Å². The topological polar surface area (TPSA) is 66.0 Å². The molecule has 142 valence electrons. The fourth-order valence-electron chi connectivity index (χ4n) is 3.68. The van der Waals surface area contributed by atoms with Crippen molar-refractivity contribution in [2.45, 2.75) is 26.3 Å². The van der Waals surface area contributed by atoms with Crippen molar-refractivity contribution >= 4 is 11.8 Å². The normalized spacial score (nSPS) is 21.0. The van der Waals surface area contributed by atoms with E-state index in [1.54, 1.807) is 13.0 Å². The number of ether oxygens (including phenoxy) is 1. The number of hydrogen-bond acceptors (Lipinski definition) is 5. The Morgan fingerprint density at radius 3 is 2.73 bits per heavy atom. The van der Waals surface area contributed by atoms with Gasteiger partial charge in [0.1, 0.15) is 5.69 Å². The van der Waals surface area contributed by atoms with Crippen LogP contribution < -0.4 is 0 Å². The number of amides is 2. The Morgan fingerprint density at radius 1 is 1.27 bits per heavy atom. The molecular weight excluding hydrogens is 332 g/mol. The number of carbonyl (C=O) groups excluding carboxylic acids is 2. The monoisotopic (exact) mass is 360 g/mol. The van der Waals surface area contributed by atoms with Gasteiger partial charge in [0.05, 0.1) is 19.3 Å². The number of pyridine rings is 1. The smallest absolute Gasteiger partial charge is 0.272 e. The lowest BCUT2D eigenvalue weighted by Gasteiger charge is -2.32. The average molecular weight is 360 g/mol. The maximum atomic E-state index is 12.7. The van der Waals surface area contributed by atoms with Crippen molar-refractivity contribution in [1.29, 1.82) is 0 Å².